The lowest BCUT2D eigenvalue weighted by Crippen LogP contribution is -2.01. The van der Waals surface area contributed by atoms with Crippen molar-refractivity contribution in [3.8, 4) is 11.5 Å². The molecule has 94 valence electrons. The van der Waals surface area contributed by atoms with Crippen molar-refractivity contribution in [3.63, 3.8) is 0 Å². The van der Waals surface area contributed by atoms with E-state index in [4.69, 9.17) is 9.47 Å². The SMILES string of the molecule is COc1cc(C(C)C)c(OC)cc1CCN=S. The van der Waals surface area contributed by atoms with Gasteiger partial charge in [-0.1, -0.05) is 13.8 Å². The smallest absolute Gasteiger partial charge is 0.122 e. The van der Waals surface area contributed by atoms with Crippen LogP contribution in [0.1, 0.15) is 30.9 Å². The van der Waals surface area contributed by atoms with Gasteiger partial charge in [0.2, 0.25) is 0 Å². The van der Waals surface area contributed by atoms with E-state index in [0.29, 0.717) is 12.5 Å². The van der Waals surface area contributed by atoms with E-state index in [-0.39, 0.29) is 0 Å². The number of nitrogens with zero attached hydrogens (tertiary/aromatic N) is 1. The van der Waals surface area contributed by atoms with Crippen molar-refractivity contribution in [2.45, 2.75) is 26.2 Å². The van der Waals surface area contributed by atoms with Crippen LogP contribution in [0.2, 0.25) is 0 Å². The van der Waals surface area contributed by atoms with Crippen LogP contribution in [-0.2, 0) is 18.8 Å². The molecule has 0 aromatic heterocycles. The van der Waals surface area contributed by atoms with Gasteiger partial charge < -0.3 is 9.47 Å². The van der Waals surface area contributed by atoms with Gasteiger partial charge in [-0.05, 0) is 30.0 Å². The van der Waals surface area contributed by atoms with E-state index in [1.807, 2.05) is 12.1 Å². The summed E-state index contributed by atoms with van der Waals surface area (Å²) >= 11 is 4.61. The predicted molar refractivity (Wildman–Crippen MR) is 72.0 cm³/mol. The second-order valence-corrected chi connectivity index (χ2v) is 4.42. The summed E-state index contributed by atoms with van der Waals surface area (Å²) in [6, 6.07) is 4.07. The van der Waals surface area contributed by atoms with Gasteiger partial charge in [-0.3, -0.25) is 0 Å². The summed E-state index contributed by atoms with van der Waals surface area (Å²) < 4.78 is 14.5. The Morgan fingerprint density at radius 1 is 1.18 bits per heavy atom. The van der Waals surface area contributed by atoms with Gasteiger partial charge in [0.1, 0.15) is 11.5 Å². The van der Waals surface area contributed by atoms with Crippen LogP contribution in [0.5, 0.6) is 11.5 Å². The topological polar surface area (TPSA) is 30.8 Å². The molecule has 0 saturated carbocycles. The zero-order valence-corrected chi connectivity index (χ0v) is 11.6. The molecule has 1 aromatic rings. The third-order valence-corrected chi connectivity index (χ3v) is 2.91. The number of methoxy groups -OCH3 is 2. The molecule has 0 atom stereocenters. The molecule has 3 nitrogen and oxygen atoms in total. The molecule has 0 aliphatic carbocycles. The number of benzene rings is 1. The second kappa shape index (κ2) is 6.55. The first kappa shape index (κ1) is 13.9. The van der Waals surface area contributed by atoms with Crippen molar-refractivity contribution in [3.05, 3.63) is 23.3 Å². The fraction of sp³-hybridized carbons (Fsp3) is 0.538. The molecule has 1 aromatic carbocycles. The molecule has 0 heterocycles. The maximum absolute atomic E-state index is 5.41. The van der Waals surface area contributed by atoms with Crippen LogP contribution in [0.25, 0.3) is 0 Å². The van der Waals surface area contributed by atoms with Crippen molar-refractivity contribution in [2.24, 2.45) is 4.36 Å². The Bertz CT molecular complexity index is 391. The molecule has 0 spiro atoms. The quantitative estimate of drug-likeness (QED) is 0.780. The van der Waals surface area contributed by atoms with E-state index in [1.165, 1.54) is 0 Å². The fourth-order valence-electron chi connectivity index (χ4n) is 1.80. The number of hydrogen-bond acceptors (Lipinski definition) is 4. The standard InChI is InChI=1S/C13H19NO2S/c1-9(2)11-8-12(15-3)10(5-6-14-17)7-13(11)16-4/h7-9H,5-6H2,1-4H3. The van der Waals surface area contributed by atoms with Crippen LogP contribution in [0, 0.1) is 0 Å². The molecular formula is C13H19NO2S. The average molecular weight is 253 g/mol. The van der Waals surface area contributed by atoms with Gasteiger partial charge >= 0.3 is 0 Å². The molecule has 0 aliphatic heterocycles. The molecule has 1 rings (SSSR count). The summed E-state index contributed by atoms with van der Waals surface area (Å²) in [4.78, 5) is 0. The number of hydrogen-bond donors (Lipinski definition) is 0. The van der Waals surface area contributed by atoms with Gasteiger partial charge in [-0.15, -0.1) is 0 Å². The molecule has 0 unspecified atom stereocenters. The summed E-state index contributed by atoms with van der Waals surface area (Å²) in [6.07, 6.45) is 0.779. The van der Waals surface area contributed by atoms with Gasteiger partial charge in [0.05, 0.1) is 20.8 Å². The van der Waals surface area contributed by atoms with Crippen LogP contribution < -0.4 is 9.47 Å². The largest absolute Gasteiger partial charge is 0.496 e. The Kier molecular flexibility index (Phi) is 5.35. The summed E-state index contributed by atoms with van der Waals surface area (Å²) in [7, 11) is 3.37. The minimum Gasteiger partial charge on any atom is -0.496 e. The molecular weight excluding hydrogens is 234 g/mol. The lowest BCUT2D eigenvalue weighted by molar-refractivity contribution is 0.393. The maximum Gasteiger partial charge on any atom is 0.122 e. The molecule has 17 heavy (non-hydrogen) atoms. The molecule has 0 fully saturated rings. The Hall–Kier alpha value is -1.16. The van der Waals surface area contributed by atoms with E-state index in [9.17, 15) is 0 Å². The van der Waals surface area contributed by atoms with E-state index < -0.39 is 0 Å². The Morgan fingerprint density at radius 2 is 1.82 bits per heavy atom. The highest BCUT2D eigenvalue weighted by Gasteiger charge is 2.13. The maximum atomic E-state index is 5.41. The van der Waals surface area contributed by atoms with Gasteiger partial charge in [0.15, 0.2) is 0 Å². The van der Waals surface area contributed by atoms with Crippen LogP contribution in [0.15, 0.2) is 16.5 Å². The highest BCUT2D eigenvalue weighted by Crippen LogP contribution is 2.33. The predicted octanol–water partition coefficient (Wildman–Crippen LogP) is 3.10. The van der Waals surface area contributed by atoms with Gasteiger partial charge in [0, 0.05) is 18.0 Å². The van der Waals surface area contributed by atoms with E-state index >= 15 is 0 Å². The summed E-state index contributed by atoms with van der Waals surface area (Å²) in [6.45, 7) is 4.89. The minimum absolute atomic E-state index is 0.400. The molecule has 0 saturated heterocycles. The van der Waals surface area contributed by atoms with Crippen molar-refractivity contribution >= 4 is 12.4 Å². The average Bonchev–Trinajstić information content (AvgIpc) is 2.34. The zero-order chi connectivity index (χ0) is 12.8. The molecule has 0 N–H and O–H groups in total. The van der Waals surface area contributed by atoms with E-state index in [1.54, 1.807) is 14.2 Å². The molecule has 0 bridgehead atoms. The Balaban J connectivity index is 3.17. The van der Waals surface area contributed by atoms with Gasteiger partial charge in [-0.25, -0.2) is 4.36 Å². The van der Waals surface area contributed by atoms with Crippen molar-refractivity contribution < 1.29 is 9.47 Å². The fourth-order valence-corrected chi connectivity index (χ4v) is 1.89. The van der Waals surface area contributed by atoms with Crippen molar-refractivity contribution in [2.75, 3.05) is 20.8 Å². The number of rotatable bonds is 6. The lowest BCUT2D eigenvalue weighted by Gasteiger charge is -2.16. The van der Waals surface area contributed by atoms with Crippen LogP contribution in [0.4, 0.5) is 0 Å². The van der Waals surface area contributed by atoms with Gasteiger partial charge in [0.25, 0.3) is 0 Å². The summed E-state index contributed by atoms with van der Waals surface area (Å²) in [5, 5.41) is 0. The van der Waals surface area contributed by atoms with E-state index in [0.717, 1.165) is 29.0 Å². The highest BCUT2D eigenvalue weighted by molar-refractivity contribution is 7.47. The zero-order valence-electron chi connectivity index (χ0n) is 10.8. The lowest BCUT2D eigenvalue weighted by atomic mass is 9.98. The number of ether oxygens (including phenoxy) is 2. The van der Waals surface area contributed by atoms with Crippen molar-refractivity contribution in [1.29, 1.82) is 0 Å². The third-order valence-electron chi connectivity index (χ3n) is 2.73. The first-order valence-corrected chi connectivity index (χ1v) is 6.04. The molecule has 0 radical (unpaired) electrons. The summed E-state index contributed by atoms with van der Waals surface area (Å²) in [5.41, 5.74) is 2.24. The van der Waals surface area contributed by atoms with E-state index in [2.05, 4.69) is 30.6 Å². The summed E-state index contributed by atoms with van der Waals surface area (Å²) in [5.74, 6) is 2.19. The Labute approximate surface area is 108 Å². The normalized spacial score (nSPS) is 10.4. The van der Waals surface area contributed by atoms with Crippen LogP contribution in [-0.4, -0.2) is 20.8 Å². The van der Waals surface area contributed by atoms with Crippen LogP contribution in [0.3, 0.4) is 0 Å². The molecule has 4 heteroatoms. The molecule has 0 aliphatic rings. The van der Waals surface area contributed by atoms with Crippen molar-refractivity contribution in [1.82, 2.24) is 0 Å². The minimum atomic E-state index is 0.400. The van der Waals surface area contributed by atoms with Crippen LogP contribution >= 0.6 is 0 Å². The first-order chi connectivity index (χ1) is 8.13. The monoisotopic (exact) mass is 253 g/mol. The Morgan fingerprint density at radius 3 is 2.29 bits per heavy atom. The van der Waals surface area contributed by atoms with Gasteiger partial charge in [-0.2, -0.15) is 0 Å². The highest BCUT2D eigenvalue weighted by atomic mass is 32.1. The second-order valence-electron chi connectivity index (χ2n) is 4.16. The molecule has 0 amide bonds. The first-order valence-electron chi connectivity index (χ1n) is 5.68. The third kappa shape index (κ3) is 3.40.